The van der Waals surface area contributed by atoms with Crippen molar-refractivity contribution in [3.63, 3.8) is 0 Å². The number of piperazine rings is 1. The van der Waals surface area contributed by atoms with Crippen LogP contribution in [0, 0.1) is 0 Å². The summed E-state index contributed by atoms with van der Waals surface area (Å²) in [6.07, 6.45) is 0. The third-order valence-corrected chi connectivity index (χ3v) is 2.77. The summed E-state index contributed by atoms with van der Waals surface area (Å²) in [7, 11) is 0. The van der Waals surface area contributed by atoms with Gasteiger partial charge in [-0.15, -0.1) is 0 Å². The topological polar surface area (TPSA) is 35.5 Å². The lowest BCUT2D eigenvalue weighted by Gasteiger charge is -2.31. The molecule has 0 saturated carbocycles. The van der Waals surface area contributed by atoms with Gasteiger partial charge < -0.3 is 10.4 Å². The van der Waals surface area contributed by atoms with Crippen molar-refractivity contribution in [1.29, 1.82) is 0 Å². The Bertz CT molecular complexity index is 327. The number of nitrogens with one attached hydrogen (secondary N) is 1. The molecule has 1 atom stereocenters. The lowest BCUT2D eigenvalue weighted by molar-refractivity contribution is 0.199. The molecule has 1 aliphatic rings. The Hall–Kier alpha value is -1.06. The molecule has 1 aliphatic heterocycles. The molecular weight excluding hydrogens is 188 g/mol. The largest absolute Gasteiger partial charge is 0.508 e. The van der Waals surface area contributed by atoms with Crippen molar-refractivity contribution in [1.82, 2.24) is 10.2 Å². The van der Waals surface area contributed by atoms with Gasteiger partial charge in [-0.1, -0.05) is 12.1 Å². The molecule has 0 radical (unpaired) electrons. The minimum absolute atomic E-state index is 0.357. The maximum Gasteiger partial charge on any atom is 0.115 e. The van der Waals surface area contributed by atoms with E-state index in [1.807, 2.05) is 12.1 Å². The fraction of sp³-hybridized carbons (Fsp3) is 0.500. The Kier molecular flexibility index (Phi) is 3.23. The van der Waals surface area contributed by atoms with Crippen molar-refractivity contribution in [2.45, 2.75) is 19.5 Å². The Morgan fingerprint density at radius 2 is 2.40 bits per heavy atom. The number of hydrogen-bond acceptors (Lipinski definition) is 3. The summed E-state index contributed by atoms with van der Waals surface area (Å²) < 4.78 is 0. The summed E-state index contributed by atoms with van der Waals surface area (Å²) in [4.78, 5) is 2.41. The number of aromatic hydroxyl groups is 1. The molecule has 82 valence electrons. The Morgan fingerprint density at radius 1 is 1.53 bits per heavy atom. The summed E-state index contributed by atoms with van der Waals surface area (Å²) in [5.74, 6) is 0.357. The van der Waals surface area contributed by atoms with E-state index in [-0.39, 0.29) is 0 Å². The molecule has 0 aromatic heterocycles. The van der Waals surface area contributed by atoms with Gasteiger partial charge in [-0.05, 0) is 24.6 Å². The van der Waals surface area contributed by atoms with Crippen molar-refractivity contribution in [2.24, 2.45) is 0 Å². The number of phenols is 1. The van der Waals surface area contributed by atoms with E-state index in [4.69, 9.17) is 0 Å². The second kappa shape index (κ2) is 4.64. The van der Waals surface area contributed by atoms with Crippen molar-refractivity contribution < 1.29 is 5.11 Å². The molecule has 0 amide bonds. The second-order valence-corrected chi connectivity index (χ2v) is 4.26. The molecule has 3 heteroatoms. The van der Waals surface area contributed by atoms with Crippen LogP contribution >= 0.6 is 0 Å². The predicted octanol–water partition coefficient (Wildman–Crippen LogP) is 1.19. The van der Waals surface area contributed by atoms with Gasteiger partial charge >= 0.3 is 0 Å². The monoisotopic (exact) mass is 206 g/mol. The average Bonchev–Trinajstić information content (AvgIpc) is 2.17. The van der Waals surface area contributed by atoms with Gasteiger partial charge in [0.1, 0.15) is 5.75 Å². The first-order valence-electron chi connectivity index (χ1n) is 5.48. The zero-order valence-electron chi connectivity index (χ0n) is 9.11. The molecular formula is C12H18N2O. The average molecular weight is 206 g/mol. The van der Waals surface area contributed by atoms with Crippen molar-refractivity contribution in [2.75, 3.05) is 19.6 Å². The summed E-state index contributed by atoms with van der Waals surface area (Å²) in [5.41, 5.74) is 1.18. The molecule has 2 N–H and O–H groups in total. The van der Waals surface area contributed by atoms with Gasteiger partial charge in [0.15, 0.2) is 0 Å². The quantitative estimate of drug-likeness (QED) is 0.763. The third kappa shape index (κ3) is 2.94. The summed E-state index contributed by atoms with van der Waals surface area (Å²) in [6, 6.07) is 8.08. The number of nitrogens with zero attached hydrogens (tertiary/aromatic N) is 1. The molecule has 1 fully saturated rings. The first-order chi connectivity index (χ1) is 7.24. The molecule has 15 heavy (non-hydrogen) atoms. The molecule has 0 aliphatic carbocycles. The maximum atomic E-state index is 9.36. The van der Waals surface area contributed by atoms with Gasteiger partial charge in [0.05, 0.1) is 0 Å². The Morgan fingerprint density at radius 3 is 3.13 bits per heavy atom. The van der Waals surface area contributed by atoms with E-state index in [1.165, 1.54) is 5.56 Å². The number of phenolic OH excluding ortho intramolecular Hbond substituents is 1. The van der Waals surface area contributed by atoms with E-state index in [2.05, 4.69) is 23.2 Å². The van der Waals surface area contributed by atoms with E-state index in [1.54, 1.807) is 6.07 Å². The molecule has 1 saturated heterocycles. The molecule has 3 nitrogen and oxygen atoms in total. The van der Waals surface area contributed by atoms with Crippen molar-refractivity contribution in [3.8, 4) is 5.75 Å². The summed E-state index contributed by atoms with van der Waals surface area (Å²) in [5, 5.41) is 12.8. The van der Waals surface area contributed by atoms with Crippen LogP contribution in [-0.2, 0) is 6.54 Å². The zero-order valence-corrected chi connectivity index (χ0v) is 9.11. The van der Waals surface area contributed by atoms with Gasteiger partial charge in [0.25, 0.3) is 0 Å². The molecule has 0 bridgehead atoms. The van der Waals surface area contributed by atoms with Crippen LogP contribution in [0.5, 0.6) is 5.75 Å². The van der Waals surface area contributed by atoms with E-state index in [9.17, 15) is 5.11 Å². The molecule has 0 spiro atoms. The lowest BCUT2D eigenvalue weighted by atomic mass is 10.1. The van der Waals surface area contributed by atoms with Crippen LogP contribution in [0.2, 0.25) is 0 Å². The normalized spacial score (nSPS) is 22.9. The van der Waals surface area contributed by atoms with Gasteiger partial charge in [0, 0.05) is 32.2 Å². The van der Waals surface area contributed by atoms with Gasteiger partial charge in [-0.25, -0.2) is 0 Å². The van der Waals surface area contributed by atoms with Crippen LogP contribution in [0.15, 0.2) is 24.3 Å². The minimum atomic E-state index is 0.357. The SMILES string of the molecule is C[C@@H]1CN(Cc2cccc(O)c2)CCN1. The second-order valence-electron chi connectivity index (χ2n) is 4.26. The number of hydrogen-bond donors (Lipinski definition) is 2. The first kappa shape index (κ1) is 10.5. The summed E-state index contributed by atoms with van der Waals surface area (Å²) in [6.45, 7) is 6.35. The van der Waals surface area contributed by atoms with E-state index in [0.29, 0.717) is 11.8 Å². The van der Waals surface area contributed by atoms with Crippen molar-refractivity contribution in [3.05, 3.63) is 29.8 Å². The Labute approximate surface area is 90.7 Å². The highest BCUT2D eigenvalue weighted by molar-refractivity contribution is 5.27. The third-order valence-electron chi connectivity index (χ3n) is 2.77. The summed E-state index contributed by atoms with van der Waals surface area (Å²) >= 11 is 0. The maximum absolute atomic E-state index is 9.36. The fourth-order valence-corrected chi connectivity index (χ4v) is 2.07. The van der Waals surface area contributed by atoms with Crippen LogP contribution in [0.3, 0.4) is 0 Å². The lowest BCUT2D eigenvalue weighted by Crippen LogP contribution is -2.48. The number of benzene rings is 1. The van der Waals surface area contributed by atoms with Crippen LogP contribution in [0.1, 0.15) is 12.5 Å². The Balaban J connectivity index is 1.96. The molecule has 2 rings (SSSR count). The highest BCUT2D eigenvalue weighted by atomic mass is 16.3. The minimum Gasteiger partial charge on any atom is -0.508 e. The van der Waals surface area contributed by atoms with Crippen LogP contribution < -0.4 is 5.32 Å². The van der Waals surface area contributed by atoms with Crippen LogP contribution in [-0.4, -0.2) is 35.7 Å². The number of rotatable bonds is 2. The van der Waals surface area contributed by atoms with E-state index >= 15 is 0 Å². The smallest absolute Gasteiger partial charge is 0.115 e. The van der Waals surface area contributed by atoms with Gasteiger partial charge in [-0.2, -0.15) is 0 Å². The highest BCUT2D eigenvalue weighted by Gasteiger charge is 2.15. The first-order valence-corrected chi connectivity index (χ1v) is 5.48. The standard InChI is InChI=1S/C12H18N2O/c1-10-8-14(6-5-13-10)9-11-3-2-4-12(15)7-11/h2-4,7,10,13,15H,5-6,8-9H2,1H3/t10-/m1/s1. The van der Waals surface area contributed by atoms with E-state index < -0.39 is 0 Å². The molecule has 0 unspecified atom stereocenters. The molecule has 1 aromatic rings. The van der Waals surface area contributed by atoms with Crippen molar-refractivity contribution >= 4 is 0 Å². The highest BCUT2D eigenvalue weighted by Crippen LogP contribution is 2.13. The zero-order chi connectivity index (χ0) is 10.7. The van der Waals surface area contributed by atoms with Gasteiger partial charge in [0.2, 0.25) is 0 Å². The fourth-order valence-electron chi connectivity index (χ4n) is 2.07. The van der Waals surface area contributed by atoms with Crippen LogP contribution in [0.4, 0.5) is 0 Å². The molecule has 1 aromatic carbocycles. The van der Waals surface area contributed by atoms with Gasteiger partial charge in [-0.3, -0.25) is 4.90 Å². The predicted molar refractivity (Wildman–Crippen MR) is 60.8 cm³/mol. The van der Waals surface area contributed by atoms with Crippen LogP contribution in [0.25, 0.3) is 0 Å². The molecule has 1 heterocycles. The van der Waals surface area contributed by atoms with E-state index in [0.717, 1.165) is 26.2 Å².